The third kappa shape index (κ3) is 2.91. The van der Waals surface area contributed by atoms with Gasteiger partial charge in [0, 0.05) is 0 Å². The molecule has 2 rings (SSSR count). The molecule has 0 aliphatic rings. The Hall–Kier alpha value is -1.66. The first-order valence-electron chi connectivity index (χ1n) is 6.49. The maximum atomic E-state index is 5.40. The molecule has 1 atom stereocenters. The van der Waals surface area contributed by atoms with Crippen molar-refractivity contribution in [2.75, 3.05) is 20.8 Å². The number of nitrogens with one attached hydrogen (secondary N) is 1. The first kappa shape index (κ1) is 14.7. The highest BCUT2D eigenvalue weighted by atomic mass is 32.1. The van der Waals surface area contributed by atoms with Crippen molar-refractivity contribution < 1.29 is 9.47 Å². The van der Waals surface area contributed by atoms with Crippen LogP contribution in [0.15, 0.2) is 18.2 Å². The Labute approximate surface area is 123 Å². The van der Waals surface area contributed by atoms with Crippen LogP contribution in [-0.4, -0.2) is 31.0 Å². The van der Waals surface area contributed by atoms with E-state index in [1.54, 1.807) is 25.6 Å². The summed E-state index contributed by atoms with van der Waals surface area (Å²) in [6, 6.07) is 5.87. The van der Waals surface area contributed by atoms with Crippen molar-refractivity contribution >= 4 is 11.3 Å². The fraction of sp³-hybridized carbons (Fsp3) is 0.429. The van der Waals surface area contributed by atoms with Crippen LogP contribution in [0.1, 0.15) is 24.9 Å². The summed E-state index contributed by atoms with van der Waals surface area (Å²) in [6.07, 6.45) is 0. The monoisotopic (exact) mass is 293 g/mol. The maximum absolute atomic E-state index is 5.40. The number of rotatable bonds is 6. The molecule has 0 bridgehead atoms. The van der Waals surface area contributed by atoms with Gasteiger partial charge in [-0.2, -0.15) is 0 Å². The second-order valence-corrected chi connectivity index (χ2v) is 5.27. The zero-order valence-electron chi connectivity index (χ0n) is 12.1. The summed E-state index contributed by atoms with van der Waals surface area (Å²) in [4.78, 5) is 0. The van der Waals surface area contributed by atoms with E-state index in [-0.39, 0.29) is 6.04 Å². The molecule has 1 aromatic heterocycles. The van der Waals surface area contributed by atoms with E-state index < -0.39 is 0 Å². The van der Waals surface area contributed by atoms with Gasteiger partial charge in [-0.1, -0.05) is 24.3 Å². The second-order valence-electron chi connectivity index (χ2n) is 4.26. The van der Waals surface area contributed by atoms with Crippen molar-refractivity contribution in [3.8, 4) is 22.1 Å². The highest BCUT2D eigenvalue weighted by Gasteiger charge is 2.18. The summed E-state index contributed by atoms with van der Waals surface area (Å²) in [5.74, 6) is 1.48. The van der Waals surface area contributed by atoms with Crippen LogP contribution in [0, 0.1) is 0 Å². The van der Waals surface area contributed by atoms with Crippen molar-refractivity contribution in [2.45, 2.75) is 19.9 Å². The molecule has 5 nitrogen and oxygen atoms in total. The molecule has 108 valence electrons. The van der Waals surface area contributed by atoms with Gasteiger partial charge in [-0.05, 0) is 25.6 Å². The molecule has 1 aromatic carbocycles. The van der Waals surface area contributed by atoms with Crippen LogP contribution in [0.2, 0.25) is 0 Å². The van der Waals surface area contributed by atoms with Crippen molar-refractivity contribution in [1.82, 2.24) is 15.5 Å². The quantitative estimate of drug-likeness (QED) is 0.887. The second kappa shape index (κ2) is 6.67. The van der Waals surface area contributed by atoms with Crippen LogP contribution < -0.4 is 14.8 Å². The number of methoxy groups -OCH3 is 2. The lowest BCUT2D eigenvalue weighted by atomic mass is 10.2. The fourth-order valence-corrected chi connectivity index (χ4v) is 2.89. The Morgan fingerprint density at radius 2 is 1.85 bits per heavy atom. The van der Waals surface area contributed by atoms with E-state index in [0.29, 0.717) is 0 Å². The van der Waals surface area contributed by atoms with E-state index in [1.807, 2.05) is 18.2 Å². The third-order valence-corrected chi connectivity index (χ3v) is 4.09. The number of hydrogen-bond acceptors (Lipinski definition) is 6. The van der Waals surface area contributed by atoms with Crippen LogP contribution in [0.3, 0.4) is 0 Å². The van der Waals surface area contributed by atoms with Gasteiger partial charge in [0.05, 0.1) is 25.8 Å². The average molecular weight is 293 g/mol. The summed E-state index contributed by atoms with van der Waals surface area (Å²) in [5.41, 5.74) is 0.852. The molecule has 0 aliphatic heterocycles. The highest BCUT2D eigenvalue weighted by molar-refractivity contribution is 7.14. The van der Waals surface area contributed by atoms with Crippen LogP contribution in [0.25, 0.3) is 10.6 Å². The van der Waals surface area contributed by atoms with E-state index in [4.69, 9.17) is 9.47 Å². The first-order valence-corrected chi connectivity index (χ1v) is 7.31. The van der Waals surface area contributed by atoms with Gasteiger partial charge in [-0.15, -0.1) is 10.2 Å². The summed E-state index contributed by atoms with van der Waals surface area (Å²) in [7, 11) is 3.28. The van der Waals surface area contributed by atoms with Gasteiger partial charge in [0.15, 0.2) is 5.01 Å². The van der Waals surface area contributed by atoms with Crippen molar-refractivity contribution in [3.05, 3.63) is 23.2 Å². The zero-order valence-corrected chi connectivity index (χ0v) is 13.0. The molecule has 6 heteroatoms. The van der Waals surface area contributed by atoms with Crippen LogP contribution in [0.4, 0.5) is 0 Å². The molecule has 0 aliphatic carbocycles. The molecule has 0 amide bonds. The third-order valence-electron chi connectivity index (χ3n) is 2.96. The minimum Gasteiger partial charge on any atom is -0.496 e. The summed E-state index contributed by atoms with van der Waals surface area (Å²) < 4.78 is 10.8. The topological polar surface area (TPSA) is 56.3 Å². The fourth-order valence-electron chi connectivity index (χ4n) is 1.97. The maximum Gasteiger partial charge on any atom is 0.155 e. The van der Waals surface area contributed by atoms with E-state index >= 15 is 0 Å². The summed E-state index contributed by atoms with van der Waals surface area (Å²) in [6.45, 7) is 5.04. The van der Waals surface area contributed by atoms with Gasteiger partial charge in [0.2, 0.25) is 0 Å². The summed E-state index contributed by atoms with van der Waals surface area (Å²) >= 11 is 1.55. The molecule has 0 spiro atoms. The predicted molar refractivity (Wildman–Crippen MR) is 80.5 cm³/mol. The molecular weight excluding hydrogens is 274 g/mol. The van der Waals surface area contributed by atoms with Crippen LogP contribution >= 0.6 is 11.3 Å². The van der Waals surface area contributed by atoms with Gasteiger partial charge in [0.1, 0.15) is 16.5 Å². The molecule has 0 fully saturated rings. The van der Waals surface area contributed by atoms with Crippen molar-refractivity contribution in [1.29, 1.82) is 0 Å². The SMILES string of the molecule is CCNC(C)c1nnc(-c2c(OC)cccc2OC)s1. The molecular formula is C14H19N3O2S. The van der Waals surface area contributed by atoms with Gasteiger partial charge >= 0.3 is 0 Å². The van der Waals surface area contributed by atoms with Gasteiger partial charge in [-0.3, -0.25) is 0 Å². The average Bonchev–Trinajstić information content (AvgIpc) is 2.96. The molecule has 1 N–H and O–H groups in total. The normalized spacial score (nSPS) is 12.2. The standard InChI is InChI=1S/C14H19N3O2S/c1-5-15-9(2)13-16-17-14(20-13)12-10(18-3)7-6-8-11(12)19-4/h6-9,15H,5H2,1-4H3. The largest absolute Gasteiger partial charge is 0.496 e. The van der Waals surface area contributed by atoms with Crippen molar-refractivity contribution in [2.24, 2.45) is 0 Å². The molecule has 1 heterocycles. The molecule has 2 aromatic rings. The van der Waals surface area contributed by atoms with E-state index in [1.165, 1.54) is 0 Å². The minimum atomic E-state index is 0.187. The molecule has 0 saturated heterocycles. The molecule has 20 heavy (non-hydrogen) atoms. The number of aromatic nitrogens is 2. The Kier molecular flexibility index (Phi) is 4.92. The van der Waals surface area contributed by atoms with Gasteiger partial charge in [0.25, 0.3) is 0 Å². The van der Waals surface area contributed by atoms with Gasteiger partial charge < -0.3 is 14.8 Å². The lowest BCUT2D eigenvalue weighted by molar-refractivity contribution is 0.397. The Balaban J connectivity index is 2.41. The Morgan fingerprint density at radius 3 is 2.40 bits per heavy atom. The van der Waals surface area contributed by atoms with E-state index in [0.717, 1.165) is 33.6 Å². The number of benzene rings is 1. The smallest absolute Gasteiger partial charge is 0.155 e. The predicted octanol–water partition coefficient (Wildman–Crippen LogP) is 2.89. The first-order chi connectivity index (χ1) is 9.71. The minimum absolute atomic E-state index is 0.187. The Bertz CT molecular complexity index is 549. The molecule has 0 radical (unpaired) electrons. The number of nitrogens with zero attached hydrogens (tertiary/aromatic N) is 2. The molecule has 0 saturated carbocycles. The van der Waals surface area contributed by atoms with Crippen molar-refractivity contribution in [3.63, 3.8) is 0 Å². The molecule has 1 unspecified atom stereocenters. The van der Waals surface area contributed by atoms with Gasteiger partial charge in [-0.25, -0.2) is 0 Å². The summed E-state index contributed by atoms with van der Waals surface area (Å²) in [5, 5.41) is 13.6. The Morgan fingerprint density at radius 1 is 1.20 bits per heavy atom. The number of ether oxygens (including phenoxy) is 2. The number of hydrogen-bond donors (Lipinski definition) is 1. The van der Waals surface area contributed by atoms with Crippen LogP contribution in [-0.2, 0) is 0 Å². The van der Waals surface area contributed by atoms with E-state index in [2.05, 4.69) is 29.4 Å². The zero-order chi connectivity index (χ0) is 14.5. The highest BCUT2D eigenvalue weighted by Crippen LogP contribution is 2.40. The van der Waals surface area contributed by atoms with Crippen LogP contribution in [0.5, 0.6) is 11.5 Å². The lowest BCUT2D eigenvalue weighted by Crippen LogP contribution is -2.17. The lowest BCUT2D eigenvalue weighted by Gasteiger charge is -2.10. The van der Waals surface area contributed by atoms with E-state index in [9.17, 15) is 0 Å².